The first-order valence-electron chi connectivity index (χ1n) is 6.61. The molecule has 1 aromatic heterocycles. The summed E-state index contributed by atoms with van der Waals surface area (Å²) in [4.78, 5) is 4.60. The second-order valence-electron chi connectivity index (χ2n) is 4.34. The lowest BCUT2D eigenvalue weighted by Crippen LogP contribution is -2.15. The average molecular weight is 306 g/mol. The quantitative estimate of drug-likeness (QED) is 0.593. The third-order valence-corrected chi connectivity index (χ3v) is 3.12. The number of nitrogens with two attached hydrogens (primary N) is 1. The molecule has 0 amide bonds. The first-order chi connectivity index (χ1) is 10.2. The number of para-hydroxylation sites is 1. The lowest BCUT2D eigenvalue weighted by Gasteiger charge is -2.13. The van der Waals surface area contributed by atoms with Crippen LogP contribution < -0.4 is 10.5 Å². The zero-order valence-corrected chi connectivity index (χ0v) is 12.7. The summed E-state index contributed by atoms with van der Waals surface area (Å²) < 4.78 is 16.1. The zero-order chi connectivity index (χ0) is 15.1. The molecule has 0 spiro atoms. The van der Waals surface area contributed by atoms with Gasteiger partial charge >= 0.3 is 0 Å². The maximum Gasteiger partial charge on any atom is 0.140 e. The second kappa shape index (κ2) is 7.87. The molecule has 2 N–H and O–H groups in total. The van der Waals surface area contributed by atoms with Crippen molar-refractivity contribution in [3.63, 3.8) is 0 Å². The van der Waals surface area contributed by atoms with Gasteiger partial charge in [-0.2, -0.15) is 0 Å². The number of ether oxygens (including phenoxy) is 3. The van der Waals surface area contributed by atoms with E-state index in [1.807, 2.05) is 24.3 Å². The van der Waals surface area contributed by atoms with Gasteiger partial charge in [0, 0.05) is 18.7 Å². The van der Waals surface area contributed by atoms with Crippen LogP contribution in [0, 0.1) is 0 Å². The number of nitrogens with zero attached hydrogens (tertiary/aromatic N) is 1. The van der Waals surface area contributed by atoms with Gasteiger partial charge in [-0.3, -0.25) is 4.98 Å². The molecule has 21 heavy (non-hydrogen) atoms. The molecule has 2 rings (SSSR count). The van der Waals surface area contributed by atoms with Gasteiger partial charge in [0.2, 0.25) is 0 Å². The molecule has 112 valence electrons. The topological polar surface area (TPSA) is 66.6 Å². The van der Waals surface area contributed by atoms with E-state index in [1.165, 1.54) is 0 Å². The Hall–Kier alpha value is -1.76. The van der Waals surface area contributed by atoms with Crippen molar-refractivity contribution in [2.75, 3.05) is 33.5 Å². The highest BCUT2D eigenvalue weighted by atomic mass is 32.1. The van der Waals surface area contributed by atoms with Crippen molar-refractivity contribution in [2.24, 2.45) is 5.73 Å². The highest BCUT2D eigenvalue weighted by Crippen LogP contribution is 2.28. The maximum atomic E-state index is 5.82. The van der Waals surface area contributed by atoms with E-state index in [2.05, 4.69) is 4.98 Å². The molecule has 0 saturated heterocycles. The second-order valence-corrected chi connectivity index (χ2v) is 4.78. The van der Waals surface area contributed by atoms with Crippen molar-refractivity contribution in [1.29, 1.82) is 0 Å². The van der Waals surface area contributed by atoms with Crippen molar-refractivity contribution in [2.45, 2.75) is 0 Å². The standard InChI is InChI=1S/C15H18N2O3S/c1-18-6-7-19-8-9-20-14-11-4-2-3-5-13(11)17-10-12(14)15(16)21/h2-5,10H,6-9H2,1H3,(H2,16,21). The molecule has 6 heteroatoms. The number of hydrogen-bond acceptors (Lipinski definition) is 5. The predicted octanol–water partition coefficient (Wildman–Crippen LogP) is 1.91. The Morgan fingerprint density at radius 2 is 1.95 bits per heavy atom. The molecule has 0 atom stereocenters. The van der Waals surface area contributed by atoms with E-state index in [1.54, 1.807) is 13.3 Å². The van der Waals surface area contributed by atoms with Crippen molar-refractivity contribution in [3.05, 3.63) is 36.0 Å². The van der Waals surface area contributed by atoms with E-state index >= 15 is 0 Å². The fraction of sp³-hybridized carbons (Fsp3) is 0.333. The normalized spacial score (nSPS) is 10.7. The third-order valence-electron chi connectivity index (χ3n) is 2.90. The average Bonchev–Trinajstić information content (AvgIpc) is 2.50. The largest absolute Gasteiger partial charge is 0.490 e. The van der Waals surface area contributed by atoms with E-state index in [0.717, 1.165) is 10.9 Å². The van der Waals surface area contributed by atoms with E-state index in [9.17, 15) is 0 Å². The Balaban J connectivity index is 2.12. The molecule has 0 fully saturated rings. The Morgan fingerprint density at radius 3 is 2.71 bits per heavy atom. The highest BCUT2D eigenvalue weighted by molar-refractivity contribution is 7.80. The summed E-state index contributed by atoms with van der Waals surface area (Å²) in [6, 6.07) is 7.70. The van der Waals surface area contributed by atoms with E-state index < -0.39 is 0 Å². The Bertz CT molecular complexity index is 619. The first kappa shape index (κ1) is 15.6. The number of benzene rings is 1. The summed E-state index contributed by atoms with van der Waals surface area (Å²) in [6.07, 6.45) is 1.64. The molecule has 0 unspecified atom stereocenters. The van der Waals surface area contributed by atoms with Gasteiger partial charge in [-0.15, -0.1) is 0 Å². The summed E-state index contributed by atoms with van der Waals surface area (Å²) >= 11 is 5.06. The van der Waals surface area contributed by atoms with Gasteiger partial charge in [0.25, 0.3) is 0 Å². The van der Waals surface area contributed by atoms with E-state index in [4.69, 9.17) is 32.2 Å². The Kier molecular flexibility index (Phi) is 5.86. The van der Waals surface area contributed by atoms with E-state index in [-0.39, 0.29) is 4.99 Å². The van der Waals surface area contributed by atoms with E-state index in [0.29, 0.717) is 37.7 Å². The summed E-state index contributed by atoms with van der Waals surface area (Å²) in [5, 5.41) is 0.889. The summed E-state index contributed by atoms with van der Waals surface area (Å²) in [6.45, 7) is 1.99. The number of thiocarbonyl (C=S) groups is 1. The van der Waals surface area contributed by atoms with Crippen LogP contribution in [0.1, 0.15) is 5.56 Å². The number of rotatable bonds is 8. The first-order valence-corrected chi connectivity index (χ1v) is 7.02. The number of fused-ring (bicyclic) bond motifs is 1. The van der Waals surface area contributed by atoms with Crippen LogP contribution in [0.15, 0.2) is 30.5 Å². The van der Waals surface area contributed by atoms with Crippen molar-refractivity contribution < 1.29 is 14.2 Å². The van der Waals surface area contributed by atoms with Gasteiger partial charge in [0.05, 0.1) is 30.9 Å². The van der Waals surface area contributed by atoms with Gasteiger partial charge in [-0.1, -0.05) is 24.4 Å². The van der Waals surface area contributed by atoms with Crippen molar-refractivity contribution in [1.82, 2.24) is 4.98 Å². The van der Waals surface area contributed by atoms with Crippen molar-refractivity contribution in [3.8, 4) is 5.75 Å². The third kappa shape index (κ3) is 4.10. The smallest absolute Gasteiger partial charge is 0.140 e. The monoisotopic (exact) mass is 306 g/mol. The molecule has 0 radical (unpaired) electrons. The molecule has 0 saturated carbocycles. The van der Waals surface area contributed by atoms with Gasteiger partial charge < -0.3 is 19.9 Å². The summed E-state index contributed by atoms with van der Waals surface area (Å²) in [5.41, 5.74) is 7.22. The molecule has 1 heterocycles. The van der Waals surface area contributed by atoms with Gasteiger partial charge in [0.15, 0.2) is 0 Å². The number of aromatic nitrogens is 1. The minimum absolute atomic E-state index is 0.267. The van der Waals surface area contributed by atoms with Crippen LogP contribution in [0.2, 0.25) is 0 Å². The van der Waals surface area contributed by atoms with Gasteiger partial charge in [0.1, 0.15) is 17.3 Å². The molecule has 0 aliphatic carbocycles. The van der Waals surface area contributed by atoms with Crippen LogP contribution in [0.4, 0.5) is 0 Å². The van der Waals surface area contributed by atoms with Gasteiger partial charge in [-0.05, 0) is 12.1 Å². The fourth-order valence-corrected chi connectivity index (χ4v) is 2.04. The molecular formula is C15H18N2O3S. The number of hydrogen-bond donors (Lipinski definition) is 1. The number of pyridine rings is 1. The van der Waals surface area contributed by atoms with Crippen LogP contribution >= 0.6 is 12.2 Å². The lowest BCUT2D eigenvalue weighted by atomic mass is 10.1. The molecule has 0 aliphatic heterocycles. The Labute approximate surface area is 129 Å². The van der Waals surface area contributed by atoms with Crippen LogP contribution in [0.3, 0.4) is 0 Å². The minimum Gasteiger partial charge on any atom is -0.490 e. The molecule has 2 aromatic rings. The summed E-state index contributed by atoms with van der Waals surface area (Å²) in [7, 11) is 1.64. The van der Waals surface area contributed by atoms with Crippen LogP contribution in [0.25, 0.3) is 10.9 Å². The molecule has 0 aliphatic rings. The zero-order valence-electron chi connectivity index (χ0n) is 11.9. The summed E-state index contributed by atoms with van der Waals surface area (Å²) in [5.74, 6) is 0.656. The number of methoxy groups -OCH3 is 1. The minimum atomic E-state index is 0.267. The molecular weight excluding hydrogens is 288 g/mol. The Morgan fingerprint density at radius 1 is 1.19 bits per heavy atom. The lowest BCUT2D eigenvalue weighted by molar-refractivity contribution is 0.0546. The highest BCUT2D eigenvalue weighted by Gasteiger charge is 2.12. The van der Waals surface area contributed by atoms with Crippen molar-refractivity contribution >= 4 is 28.1 Å². The maximum absolute atomic E-state index is 5.82. The van der Waals surface area contributed by atoms with Crippen LogP contribution in [0.5, 0.6) is 5.75 Å². The molecule has 0 bridgehead atoms. The molecule has 1 aromatic carbocycles. The van der Waals surface area contributed by atoms with Gasteiger partial charge in [-0.25, -0.2) is 0 Å². The fourth-order valence-electron chi connectivity index (χ4n) is 1.89. The molecule has 5 nitrogen and oxygen atoms in total. The SMILES string of the molecule is COCCOCCOc1c(C(N)=S)cnc2ccccc12. The predicted molar refractivity (Wildman–Crippen MR) is 85.8 cm³/mol. The van der Waals surface area contributed by atoms with Crippen LogP contribution in [-0.4, -0.2) is 43.5 Å². The van der Waals surface area contributed by atoms with Crippen LogP contribution in [-0.2, 0) is 9.47 Å².